The zero-order valence-electron chi connectivity index (χ0n) is 16.7. The number of hydrogen-bond acceptors (Lipinski definition) is 4. The summed E-state index contributed by atoms with van der Waals surface area (Å²) in [6.07, 6.45) is -15.8. The van der Waals surface area contributed by atoms with Crippen molar-refractivity contribution in [3.8, 4) is 11.5 Å². The second kappa shape index (κ2) is 9.17. The monoisotopic (exact) mass is 466 g/mol. The quantitative estimate of drug-likeness (QED) is 0.371. The van der Waals surface area contributed by atoms with E-state index in [9.17, 15) is 40.3 Å². The smallest absolute Gasteiger partial charge is 0.421 e. The van der Waals surface area contributed by atoms with E-state index >= 15 is 0 Å². The summed E-state index contributed by atoms with van der Waals surface area (Å²) in [7, 11) is 0. The number of carbonyl (C=O) groups excluding carboxylic acids is 2. The maximum atomic E-state index is 13.3. The topological polar surface area (TPSA) is 52.6 Å². The molecule has 0 radical (unpaired) electrons. The van der Waals surface area contributed by atoms with Gasteiger partial charge in [0, 0.05) is 24.0 Å². The third-order valence-corrected chi connectivity index (χ3v) is 4.19. The zero-order chi connectivity index (χ0) is 24.3. The highest BCUT2D eigenvalue weighted by Crippen LogP contribution is 2.47. The van der Waals surface area contributed by atoms with Crippen LogP contribution in [-0.2, 0) is 6.18 Å². The van der Waals surface area contributed by atoms with Crippen molar-refractivity contribution >= 4 is 11.6 Å². The van der Waals surface area contributed by atoms with Gasteiger partial charge in [0.05, 0.1) is 5.56 Å². The first kappa shape index (κ1) is 25.2. The van der Waals surface area contributed by atoms with Crippen LogP contribution in [0.1, 0.15) is 53.0 Å². The lowest BCUT2D eigenvalue weighted by molar-refractivity contribution is -0.391. The molecule has 174 valence electrons. The van der Waals surface area contributed by atoms with Gasteiger partial charge in [0.25, 0.3) is 0 Å². The van der Waals surface area contributed by atoms with E-state index < -0.39 is 65.4 Å². The number of halogens is 7. The van der Waals surface area contributed by atoms with Gasteiger partial charge < -0.3 is 9.47 Å². The summed E-state index contributed by atoms with van der Waals surface area (Å²) in [5, 5.41) is 0. The molecule has 0 saturated carbocycles. The van der Waals surface area contributed by atoms with Gasteiger partial charge in [-0.05, 0) is 24.3 Å². The molecule has 0 atom stereocenters. The van der Waals surface area contributed by atoms with Crippen LogP contribution in [0.5, 0.6) is 11.5 Å². The van der Waals surface area contributed by atoms with Gasteiger partial charge in [-0.3, -0.25) is 9.59 Å². The van der Waals surface area contributed by atoms with Crippen LogP contribution in [0, 0.1) is 0 Å². The van der Waals surface area contributed by atoms with E-state index in [0.717, 1.165) is 36.4 Å². The zero-order valence-corrected chi connectivity index (χ0v) is 16.7. The number of rotatable bonds is 5. The second-order valence-electron chi connectivity index (χ2n) is 6.29. The van der Waals surface area contributed by atoms with E-state index in [1.54, 1.807) is 0 Å². The molecule has 0 unspecified atom stereocenters. The van der Waals surface area contributed by atoms with Crippen LogP contribution in [0.15, 0.2) is 42.5 Å². The number of carbonyl (C=O) groups is 2. The largest absolute Gasteiger partial charge is 0.507 e. The molecule has 1 aliphatic heterocycles. The molecule has 0 aliphatic carbocycles. The van der Waals surface area contributed by atoms with Crippen molar-refractivity contribution in [2.24, 2.45) is 0 Å². The summed E-state index contributed by atoms with van der Waals surface area (Å²) < 4.78 is 99.5. The first-order valence-electron chi connectivity index (χ1n) is 9.32. The first-order valence-corrected chi connectivity index (χ1v) is 9.32. The van der Waals surface area contributed by atoms with Crippen molar-refractivity contribution in [1.82, 2.24) is 0 Å². The highest BCUT2D eigenvalue weighted by molar-refractivity contribution is 6.03. The molecule has 0 aromatic heterocycles. The van der Waals surface area contributed by atoms with Crippen molar-refractivity contribution in [1.29, 1.82) is 0 Å². The van der Waals surface area contributed by atoms with Gasteiger partial charge in [-0.2, -0.15) is 30.7 Å². The Kier molecular flexibility index (Phi) is 7.21. The van der Waals surface area contributed by atoms with Crippen molar-refractivity contribution in [3.05, 3.63) is 59.2 Å². The molecule has 0 N–H and O–H groups in total. The highest BCUT2D eigenvalue weighted by atomic mass is 19.4. The van der Waals surface area contributed by atoms with Crippen LogP contribution in [-0.4, -0.2) is 23.8 Å². The Bertz CT molecular complexity index is 1000. The van der Waals surface area contributed by atoms with Gasteiger partial charge in [-0.1, -0.05) is 32.0 Å². The lowest BCUT2D eigenvalue weighted by Gasteiger charge is -2.31. The summed E-state index contributed by atoms with van der Waals surface area (Å²) in [4.78, 5) is 24.4. The Hall–Kier alpha value is -3.11. The molecule has 0 bridgehead atoms. The van der Waals surface area contributed by atoms with Crippen LogP contribution in [0.3, 0.4) is 0 Å². The fourth-order valence-corrected chi connectivity index (χ4v) is 2.72. The highest BCUT2D eigenvalue weighted by Gasteiger charge is 2.65. The molecule has 2 aromatic carbocycles. The predicted molar refractivity (Wildman–Crippen MR) is 98.3 cm³/mol. The lowest BCUT2D eigenvalue weighted by atomic mass is 9.97. The molecule has 2 aromatic rings. The van der Waals surface area contributed by atoms with Crippen LogP contribution < -0.4 is 9.47 Å². The molecule has 0 saturated heterocycles. The maximum absolute atomic E-state index is 13.3. The normalized spacial score (nSPS) is 15.9. The molecule has 32 heavy (non-hydrogen) atoms. The van der Waals surface area contributed by atoms with E-state index in [0.29, 0.717) is 0 Å². The van der Waals surface area contributed by atoms with Crippen LogP contribution >= 0.6 is 0 Å². The van der Waals surface area contributed by atoms with Gasteiger partial charge in [0.2, 0.25) is 0 Å². The standard InChI is InChI=1S/C19H11F7O4.C2H6/c20-17(21,22)12-4-2-1-3-11(12)14(28)7-6-13(27)10-5-8-15-16(9-10)30-19(25,26)18(23,24)29-15;1-2/h1-5,8-9H,6-7H2;1-2H3. The second-order valence-corrected chi connectivity index (χ2v) is 6.29. The summed E-state index contributed by atoms with van der Waals surface area (Å²) in [5.41, 5.74) is -2.03. The van der Waals surface area contributed by atoms with E-state index in [4.69, 9.17) is 0 Å². The molecule has 0 fully saturated rings. The average molecular weight is 466 g/mol. The van der Waals surface area contributed by atoms with Gasteiger partial charge >= 0.3 is 18.4 Å². The Morgan fingerprint density at radius 3 is 1.94 bits per heavy atom. The maximum Gasteiger partial charge on any atom is 0.507 e. The Balaban J connectivity index is 0.00000176. The van der Waals surface area contributed by atoms with E-state index in [1.807, 2.05) is 13.8 Å². The minimum absolute atomic E-state index is 0.268. The van der Waals surface area contributed by atoms with E-state index in [-0.39, 0.29) is 5.56 Å². The van der Waals surface area contributed by atoms with E-state index in [1.165, 1.54) is 6.07 Å². The number of alkyl halides is 7. The number of hydrogen-bond donors (Lipinski definition) is 0. The fraction of sp³-hybridized carbons (Fsp3) is 0.333. The molecule has 0 amide bonds. The van der Waals surface area contributed by atoms with Gasteiger partial charge in [0.15, 0.2) is 23.1 Å². The molecule has 4 nitrogen and oxygen atoms in total. The van der Waals surface area contributed by atoms with Crippen molar-refractivity contribution in [2.75, 3.05) is 0 Å². The van der Waals surface area contributed by atoms with E-state index in [2.05, 4.69) is 9.47 Å². The molecule has 1 heterocycles. The summed E-state index contributed by atoms with van der Waals surface area (Å²) in [5.74, 6) is -3.27. The Morgan fingerprint density at radius 2 is 1.34 bits per heavy atom. The summed E-state index contributed by atoms with van der Waals surface area (Å²) >= 11 is 0. The van der Waals surface area contributed by atoms with Crippen LogP contribution in [0.4, 0.5) is 30.7 Å². The van der Waals surface area contributed by atoms with Crippen molar-refractivity contribution in [3.63, 3.8) is 0 Å². The third kappa shape index (κ3) is 5.20. The third-order valence-electron chi connectivity index (χ3n) is 4.19. The molecular weight excluding hydrogens is 449 g/mol. The van der Waals surface area contributed by atoms with Crippen LogP contribution in [0.2, 0.25) is 0 Å². The van der Waals surface area contributed by atoms with Crippen molar-refractivity contribution < 1.29 is 49.8 Å². The van der Waals surface area contributed by atoms with Gasteiger partial charge in [-0.15, -0.1) is 0 Å². The number of Topliss-reactive ketones (excluding diaryl/α,β-unsaturated/α-hetero) is 2. The molecule has 1 aliphatic rings. The van der Waals surface area contributed by atoms with Crippen molar-refractivity contribution in [2.45, 2.75) is 45.1 Å². The fourth-order valence-electron chi connectivity index (χ4n) is 2.72. The molecule has 0 spiro atoms. The summed E-state index contributed by atoms with van der Waals surface area (Å²) in [6, 6.07) is 6.58. The molecule has 11 heteroatoms. The summed E-state index contributed by atoms with van der Waals surface area (Å²) in [6.45, 7) is 4.00. The predicted octanol–water partition coefficient (Wildman–Crippen LogP) is 6.53. The lowest BCUT2D eigenvalue weighted by Crippen LogP contribution is -2.52. The minimum atomic E-state index is -4.97. The number of ketones is 2. The Labute approximate surface area is 177 Å². The SMILES string of the molecule is CC.O=C(CCC(=O)c1ccccc1C(F)(F)F)c1ccc2c(c1)OC(F)(F)C(F)(F)O2. The number of ether oxygens (including phenoxy) is 2. The number of benzene rings is 2. The minimum Gasteiger partial charge on any atom is -0.421 e. The van der Waals surface area contributed by atoms with Gasteiger partial charge in [-0.25, -0.2) is 0 Å². The van der Waals surface area contributed by atoms with Crippen LogP contribution in [0.25, 0.3) is 0 Å². The molecular formula is C21H17F7O4. The number of fused-ring (bicyclic) bond motifs is 1. The van der Waals surface area contributed by atoms with Gasteiger partial charge in [0.1, 0.15) is 0 Å². The Morgan fingerprint density at radius 1 is 0.812 bits per heavy atom. The molecule has 3 rings (SSSR count). The average Bonchev–Trinajstić information content (AvgIpc) is 2.72. The first-order chi connectivity index (χ1) is 14.8.